The summed E-state index contributed by atoms with van der Waals surface area (Å²) in [5.74, 6) is -0.264. The summed E-state index contributed by atoms with van der Waals surface area (Å²) in [7, 11) is 0. The number of ketones is 1. The van der Waals surface area contributed by atoms with Gasteiger partial charge in [-0.2, -0.15) is 0 Å². The quantitative estimate of drug-likeness (QED) is 0.716. The van der Waals surface area contributed by atoms with E-state index in [9.17, 15) is 14.4 Å². The molecule has 1 amide bonds. The van der Waals surface area contributed by atoms with Crippen molar-refractivity contribution in [3.63, 3.8) is 0 Å². The summed E-state index contributed by atoms with van der Waals surface area (Å²) in [6.45, 7) is 8.48. The lowest BCUT2D eigenvalue weighted by Crippen LogP contribution is -2.39. The number of Topliss-reactive ketones (excluding diaryl/α,β-unsaturated/α-hetero) is 1. The van der Waals surface area contributed by atoms with E-state index < -0.39 is 18.0 Å². The van der Waals surface area contributed by atoms with Gasteiger partial charge in [-0.05, 0) is 31.1 Å². The van der Waals surface area contributed by atoms with E-state index in [2.05, 4.69) is 19.2 Å². The first-order valence-electron chi connectivity index (χ1n) is 10.4. The molecule has 1 rings (SSSR count). The monoisotopic (exact) mass is 382 g/mol. The van der Waals surface area contributed by atoms with Gasteiger partial charge in [-0.15, -0.1) is 0 Å². The first kappa shape index (κ1) is 23.6. The second kappa shape index (κ2) is 12.1. The maximum absolute atomic E-state index is 12.9. The van der Waals surface area contributed by atoms with Gasteiger partial charge in [0, 0.05) is 12.5 Å². The van der Waals surface area contributed by atoms with Crippen LogP contribution in [0.2, 0.25) is 0 Å². The fourth-order valence-electron chi connectivity index (χ4n) is 3.90. The lowest BCUT2D eigenvalue weighted by molar-refractivity contribution is -0.153. The lowest BCUT2D eigenvalue weighted by atomic mass is 9.83. The van der Waals surface area contributed by atoms with Crippen LogP contribution in [-0.4, -0.2) is 36.9 Å². The maximum Gasteiger partial charge on any atom is 0.320 e. The van der Waals surface area contributed by atoms with E-state index in [0.29, 0.717) is 18.4 Å². The molecule has 0 bridgehead atoms. The molecule has 6 nitrogen and oxygen atoms in total. The summed E-state index contributed by atoms with van der Waals surface area (Å²) in [6.07, 6.45) is 5.55. The molecule has 156 valence electrons. The molecule has 0 saturated carbocycles. The molecule has 1 saturated heterocycles. The third kappa shape index (κ3) is 8.87. The number of hydrogen-bond donors (Lipinski definition) is 2. The van der Waals surface area contributed by atoms with E-state index in [1.165, 1.54) is 12.8 Å². The smallest absolute Gasteiger partial charge is 0.320 e. The number of amides is 1. The Bertz CT molecular complexity index is 495. The van der Waals surface area contributed by atoms with E-state index >= 15 is 0 Å². The number of carbonyl (C=O) groups is 3. The van der Waals surface area contributed by atoms with Gasteiger partial charge in [0.1, 0.15) is 11.9 Å². The zero-order chi connectivity index (χ0) is 20.4. The minimum absolute atomic E-state index is 0.00350. The van der Waals surface area contributed by atoms with E-state index in [1.807, 2.05) is 6.92 Å². The molecule has 1 heterocycles. The highest BCUT2D eigenvalue weighted by Crippen LogP contribution is 2.25. The van der Waals surface area contributed by atoms with Crippen molar-refractivity contribution in [2.45, 2.75) is 78.7 Å². The van der Waals surface area contributed by atoms with Gasteiger partial charge < -0.3 is 15.8 Å². The maximum atomic E-state index is 12.9. The van der Waals surface area contributed by atoms with Crippen molar-refractivity contribution in [2.75, 3.05) is 13.1 Å². The van der Waals surface area contributed by atoms with Crippen molar-refractivity contribution < 1.29 is 19.1 Å². The molecular formula is C21H38N2O4. The molecule has 0 radical (unpaired) electrons. The van der Waals surface area contributed by atoms with Crippen LogP contribution in [0, 0.1) is 23.7 Å². The average Bonchev–Trinajstić information content (AvgIpc) is 2.62. The first-order chi connectivity index (χ1) is 12.7. The zero-order valence-corrected chi connectivity index (χ0v) is 17.5. The largest absolute Gasteiger partial charge is 0.460 e. The van der Waals surface area contributed by atoms with Crippen LogP contribution in [0.1, 0.15) is 72.6 Å². The van der Waals surface area contributed by atoms with Crippen molar-refractivity contribution in [3.8, 4) is 0 Å². The normalized spacial score (nSPS) is 32.6. The van der Waals surface area contributed by atoms with E-state index in [0.717, 1.165) is 25.7 Å². The van der Waals surface area contributed by atoms with Crippen LogP contribution in [0.4, 0.5) is 0 Å². The second-order valence-electron chi connectivity index (χ2n) is 8.40. The highest BCUT2D eigenvalue weighted by molar-refractivity contribution is 5.85. The summed E-state index contributed by atoms with van der Waals surface area (Å²) in [5, 5.41) is 2.89. The van der Waals surface area contributed by atoms with E-state index in [4.69, 9.17) is 10.5 Å². The van der Waals surface area contributed by atoms with Gasteiger partial charge in [-0.25, -0.2) is 0 Å². The molecule has 0 aromatic carbocycles. The van der Waals surface area contributed by atoms with E-state index in [-0.39, 0.29) is 30.6 Å². The van der Waals surface area contributed by atoms with Gasteiger partial charge in [0.2, 0.25) is 5.91 Å². The average molecular weight is 383 g/mol. The van der Waals surface area contributed by atoms with Crippen molar-refractivity contribution in [1.82, 2.24) is 5.32 Å². The zero-order valence-electron chi connectivity index (χ0n) is 17.5. The fraction of sp³-hybridized carbons (Fsp3) is 0.857. The minimum Gasteiger partial charge on any atom is -0.460 e. The van der Waals surface area contributed by atoms with Crippen molar-refractivity contribution in [1.29, 1.82) is 0 Å². The Morgan fingerprint density at radius 2 is 1.70 bits per heavy atom. The third-order valence-electron chi connectivity index (χ3n) is 5.67. The molecule has 1 aliphatic heterocycles. The minimum atomic E-state index is -0.766. The number of hydrogen-bond acceptors (Lipinski definition) is 5. The third-order valence-corrected chi connectivity index (χ3v) is 5.67. The number of rotatable bonds is 2. The molecule has 3 N–H and O–H groups in total. The summed E-state index contributed by atoms with van der Waals surface area (Å²) in [5.41, 5.74) is 5.34. The van der Waals surface area contributed by atoms with Gasteiger partial charge in [0.15, 0.2) is 0 Å². The summed E-state index contributed by atoms with van der Waals surface area (Å²) < 4.78 is 5.34. The Hall–Kier alpha value is -1.43. The standard InChI is InChI=1S/C21H38N2O4/c1-14-7-5-8-15(2)11-16(3)21(26)17(4)18(27-20(25)13-22)12-19(24)23-10-6-9-14/h14-18H,5-13,22H2,1-4H3,(H,23,24)/t14?,15?,16-,17?,18?/m1/s1. The second-order valence-corrected chi connectivity index (χ2v) is 8.40. The molecule has 0 aromatic heterocycles. The van der Waals surface area contributed by atoms with Crippen LogP contribution >= 0.6 is 0 Å². The number of nitrogens with one attached hydrogen (secondary N) is 1. The Morgan fingerprint density at radius 3 is 2.37 bits per heavy atom. The molecule has 27 heavy (non-hydrogen) atoms. The molecule has 0 aromatic rings. The van der Waals surface area contributed by atoms with Gasteiger partial charge in [0.05, 0.1) is 18.9 Å². The molecule has 6 heteroatoms. The van der Waals surface area contributed by atoms with Crippen LogP contribution in [0.3, 0.4) is 0 Å². The first-order valence-corrected chi connectivity index (χ1v) is 10.4. The molecule has 1 fully saturated rings. The van der Waals surface area contributed by atoms with Crippen LogP contribution in [0.25, 0.3) is 0 Å². The Labute approximate surface area is 164 Å². The number of ether oxygens (including phenoxy) is 1. The summed E-state index contributed by atoms with van der Waals surface area (Å²) in [4.78, 5) is 36.8. The van der Waals surface area contributed by atoms with Crippen molar-refractivity contribution in [3.05, 3.63) is 0 Å². The van der Waals surface area contributed by atoms with Gasteiger partial charge in [-0.1, -0.05) is 47.0 Å². The molecule has 1 aliphatic rings. The summed E-state index contributed by atoms with van der Waals surface area (Å²) in [6, 6.07) is 0. The highest BCUT2D eigenvalue weighted by atomic mass is 16.5. The predicted molar refractivity (Wildman–Crippen MR) is 106 cm³/mol. The Balaban J connectivity index is 2.88. The van der Waals surface area contributed by atoms with Crippen LogP contribution in [-0.2, 0) is 19.1 Å². The molecule has 4 unspecified atom stereocenters. The summed E-state index contributed by atoms with van der Waals surface area (Å²) >= 11 is 0. The lowest BCUT2D eigenvalue weighted by Gasteiger charge is -2.26. The fourth-order valence-corrected chi connectivity index (χ4v) is 3.90. The van der Waals surface area contributed by atoms with Crippen molar-refractivity contribution in [2.24, 2.45) is 29.4 Å². The van der Waals surface area contributed by atoms with Crippen molar-refractivity contribution >= 4 is 17.7 Å². The Kier molecular flexibility index (Phi) is 10.6. The van der Waals surface area contributed by atoms with Gasteiger partial charge >= 0.3 is 5.97 Å². The van der Waals surface area contributed by atoms with Crippen LogP contribution < -0.4 is 11.1 Å². The van der Waals surface area contributed by atoms with Crippen LogP contribution in [0.15, 0.2) is 0 Å². The number of esters is 1. The number of nitrogens with two attached hydrogens (primary N) is 1. The topological polar surface area (TPSA) is 98.5 Å². The SMILES string of the molecule is CC1CCCNC(=O)CC(OC(=O)CN)C(C)C(=O)[C@H](C)CC(C)CCC1. The van der Waals surface area contributed by atoms with E-state index in [1.54, 1.807) is 6.92 Å². The molecule has 0 aliphatic carbocycles. The molecular weight excluding hydrogens is 344 g/mol. The Morgan fingerprint density at radius 1 is 1.07 bits per heavy atom. The molecule has 5 atom stereocenters. The van der Waals surface area contributed by atoms with Gasteiger partial charge in [-0.3, -0.25) is 14.4 Å². The number of carbonyl (C=O) groups excluding carboxylic acids is 3. The van der Waals surface area contributed by atoms with Gasteiger partial charge in [0.25, 0.3) is 0 Å². The predicted octanol–water partition coefficient (Wildman–Crippen LogP) is 2.83. The van der Waals surface area contributed by atoms with Crippen LogP contribution in [0.5, 0.6) is 0 Å². The molecule has 0 spiro atoms. The highest BCUT2D eigenvalue weighted by Gasteiger charge is 2.32.